The summed E-state index contributed by atoms with van der Waals surface area (Å²) in [6.45, 7) is 1.99. The maximum atomic E-state index is 11.4. The Kier molecular flexibility index (Phi) is 2.84. The first-order valence-corrected chi connectivity index (χ1v) is 6.26. The fourth-order valence-electron chi connectivity index (χ4n) is 2.13. The molecule has 4 heteroatoms. The van der Waals surface area contributed by atoms with E-state index in [-0.39, 0.29) is 0 Å². The van der Waals surface area contributed by atoms with Crippen molar-refractivity contribution >= 4 is 23.5 Å². The van der Waals surface area contributed by atoms with Crippen molar-refractivity contribution in [3.05, 3.63) is 58.9 Å². The van der Waals surface area contributed by atoms with Crippen molar-refractivity contribution in [3.63, 3.8) is 0 Å². The average Bonchev–Trinajstić information content (AvgIpc) is 2.76. The molecule has 0 aliphatic rings. The fraction of sp³-hybridized carbons (Fsp3) is 0.0667. The van der Waals surface area contributed by atoms with Crippen LogP contribution in [0.15, 0.2) is 42.6 Å². The molecule has 3 rings (SSSR count). The van der Waals surface area contributed by atoms with E-state index in [4.69, 9.17) is 11.6 Å². The van der Waals surface area contributed by atoms with Gasteiger partial charge in [0.1, 0.15) is 17.0 Å². The second kappa shape index (κ2) is 4.52. The van der Waals surface area contributed by atoms with Crippen LogP contribution in [0.5, 0.6) is 0 Å². The van der Waals surface area contributed by atoms with Crippen molar-refractivity contribution < 1.29 is 4.79 Å². The summed E-state index contributed by atoms with van der Waals surface area (Å²) in [7, 11) is 0. The molecule has 0 fully saturated rings. The van der Waals surface area contributed by atoms with E-state index in [1.807, 2.05) is 43.5 Å². The lowest BCUT2D eigenvalue weighted by molar-refractivity contribution is 0.111. The van der Waals surface area contributed by atoms with Gasteiger partial charge in [0, 0.05) is 16.8 Å². The monoisotopic (exact) mass is 270 g/mol. The van der Waals surface area contributed by atoms with Crippen LogP contribution in [0.3, 0.4) is 0 Å². The fourth-order valence-corrected chi connectivity index (χ4v) is 2.32. The van der Waals surface area contributed by atoms with Gasteiger partial charge in [0.05, 0.1) is 0 Å². The number of benzene rings is 1. The van der Waals surface area contributed by atoms with E-state index in [0.717, 1.165) is 23.1 Å². The van der Waals surface area contributed by atoms with Gasteiger partial charge in [-0.2, -0.15) is 0 Å². The Labute approximate surface area is 115 Å². The van der Waals surface area contributed by atoms with Gasteiger partial charge in [0.15, 0.2) is 6.29 Å². The van der Waals surface area contributed by atoms with E-state index in [9.17, 15) is 4.79 Å². The van der Waals surface area contributed by atoms with Crippen molar-refractivity contribution in [2.45, 2.75) is 6.92 Å². The summed E-state index contributed by atoms with van der Waals surface area (Å²) in [5.74, 6) is 0. The van der Waals surface area contributed by atoms with Gasteiger partial charge in [-0.3, -0.25) is 9.20 Å². The first-order chi connectivity index (χ1) is 9.19. The van der Waals surface area contributed by atoms with Crippen LogP contribution in [0.25, 0.3) is 16.9 Å². The number of rotatable bonds is 2. The molecule has 3 nitrogen and oxygen atoms in total. The molecule has 0 bridgehead atoms. The number of carbonyl (C=O) groups excluding carboxylic acids is 1. The second-order valence-electron chi connectivity index (χ2n) is 4.41. The second-order valence-corrected chi connectivity index (χ2v) is 4.84. The highest BCUT2D eigenvalue weighted by Crippen LogP contribution is 2.25. The van der Waals surface area contributed by atoms with Crippen molar-refractivity contribution in [3.8, 4) is 11.3 Å². The van der Waals surface area contributed by atoms with Crippen molar-refractivity contribution in [2.24, 2.45) is 0 Å². The zero-order valence-electron chi connectivity index (χ0n) is 10.3. The SMILES string of the molecule is Cc1ccn2c(C=O)c(-c3cccc(Cl)c3)nc2c1. The van der Waals surface area contributed by atoms with Gasteiger partial charge < -0.3 is 0 Å². The predicted molar refractivity (Wildman–Crippen MR) is 75.8 cm³/mol. The number of pyridine rings is 1. The Morgan fingerprint density at radius 2 is 2.11 bits per heavy atom. The van der Waals surface area contributed by atoms with E-state index in [2.05, 4.69) is 4.98 Å². The van der Waals surface area contributed by atoms with Crippen LogP contribution < -0.4 is 0 Å². The smallest absolute Gasteiger partial charge is 0.169 e. The molecular weight excluding hydrogens is 260 g/mol. The van der Waals surface area contributed by atoms with E-state index in [1.165, 1.54) is 0 Å². The molecule has 3 aromatic rings. The highest BCUT2D eigenvalue weighted by molar-refractivity contribution is 6.30. The molecule has 0 aliphatic carbocycles. The van der Waals surface area contributed by atoms with Crippen molar-refractivity contribution in [1.82, 2.24) is 9.38 Å². The zero-order valence-corrected chi connectivity index (χ0v) is 11.1. The summed E-state index contributed by atoms with van der Waals surface area (Å²) in [5.41, 5.74) is 3.90. The maximum Gasteiger partial charge on any atom is 0.169 e. The number of aldehydes is 1. The molecule has 0 saturated heterocycles. The third-order valence-corrected chi connectivity index (χ3v) is 3.26. The summed E-state index contributed by atoms with van der Waals surface area (Å²) in [4.78, 5) is 15.9. The molecule has 0 spiro atoms. The maximum absolute atomic E-state index is 11.4. The molecule has 0 atom stereocenters. The Balaban J connectivity index is 2.31. The van der Waals surface area contributed by atoms with Gasteiger partial charge in [-0.15, -0.1) is 0 Å². The van der Waals surface area contributed by atoms with Gasteiger partial charge >= 0.3 is 0 Å². The number of hydrogen-bond acceptors (Lipinski definition) is 2. The molecule has 2 heterocycles. The average molecular weight is 271 g/mol. The number of imidazole rings is 1. The molecule has 0 radical (unpaired) electrons. The summed E-state index contributed by atoms with van der Waals surface area (Å²) >= 11 is 5.99. The van der Waals surface area contributed by atoms with Crippen LogP contribution in [-0.4, -0.2) is 15.7 Å². The lowest BCUT2D eigenvalue weighted by Gasteiger charge is -1.99. The third-order valence-electron chi connectivity index (χ3n) is 3.03. The largest absolute Gasteiger partial charge is 0.297 e. The summed E-state index contributed by atoms with van der Waals surface area (Å²) < 4.78 is 1.79. The van der Waals surface area contributed by atoms with E-state index >= 15 is 0 Å². The number of fused-ring (bicyclic) bond motifs is 1. The molecule has 1 aromatic carbocycles. The topological polar surface area (TPSA) is 34.4 Å². The minimum atomic E-state index is 0.539. The predicted octanol–water partition coefficient (Wildman–Crippen LogP) is 3.78. The standard InChI is InChI=1S/C15H11ClN2O/c1-10-5-6-18-13(9-19)15(17-14(18)7-10)11-3-2-4-12(16)8-11/h2-9H,1H3. The summed E-state index contributed by atoms with van der Waals surface area (Å²) in [6.07, 6.45) is 2.68. The lowest BCUT2D eigenvalue weighted by Crippen LogP contribution is -1.92. The van der Waals surface area contributed by atoms with Crippen LogP contribution in [-0.2, 0) is 0 Å². The molecule has 0 N–H and O–H groups in total. The molecule has 94 valence electrons. The molecular formula is C15H11ClN2O. The van der Waals surface area contributed by atoms with Crippen LogP contribution in [0.2, 0.25) is 5.02 Å². The highest BCUT2D eigenvalue weighted by Gasteiger charge is 2.13. The number of halogens is 1. The lowest BCUT2D eigenvalue weighted by atomic mass is 10.1. The number of nitrogens with zero attached hydrogens (tertiary/aromatic N) is 2. The first-order valence-electron chi connectivity index (χ1n) is 5.89. The minimum Gasteiger partial charge on any atom is -0.297 e. The minimum absolute atomic E-state index is 0.539. The number of carbonyl (C=O) groups is 1. The van der Waals surface area contributed by atoms with Crippen LogP contribution in [0.4, 0.5) is 0 Å². The normalized spacial score (nSPS) is 10.8. The van der Waals surface area contributed by atoms with Gasteiger partial charge in [-0.25, -0.2) is 4.98 Å². The zero-order chi connectivity index (χ0) is 13.4. The molecule has 0 saturated carbocycles. The Hall–Kier alpha value is -2.13. The van der Waals surface area contributed by atoms with Gasteiger partial charge in [-0.05, 0) is 36.8 Å². The Bertz CT molecular complexity index is 777. The first kappa shape index (κ1) is 11.9. The number of aryl methyl sites for hydroxylation is 1. The molecule has 0 aliphatic heterocycles. The summed E-state index contributed by atoms with van der Waals surface area (Å²) in [5, 5.41) is 0.627. The molecule has 0 amide bonds. The third kappa shape index (κ3) is 2.02. The van der Waals surface area contributed by atoms with Gasteiger partial charge in [0.2, 0.25) is 0 Å². The van der Waals surface area contributed by atoms with Gasteiger partial charge in [-0.1, -0.05) is 23.7 Å². The van der Waals surface area contributed by atoms with E-state index < -0.39 is 0 Å². The van der Waals surface area contributed by atoms with Gasteiger partial charge in [0.25, 0.3) is 0 Å². The Morgan fingerprint density at radius 1 is 1.26 bits per heavy atom. The molecule has 2 aromatic heterocycles. The van der Waals surface area contributed by atoms with E-state index in [0.29, 0.717) is 16.4 Å². The van der Waals surface area contributed by atoms with E-state index in [1.54, 1.807) is 10.5 Å². The van der Waals surface area contributed by atoms with Crippen LogP contribution in [0, 0.1) is 6.92 Å². The number of aromatic nitrogens is 2. The van der Waals surface area contributed by atoms with Crippen LogP contribution >= 0.6 is 11.6 Å². The summed E-state index contributed by atoms with van der Waals surface area (Å²) in [6, 6.07) is 11.2. The Morgan fingerprint density at radius 3 is 2.84 bits per heavy atom. The quantitative estimate of drug-likeness (QED) is 0.664. The highest BCUT2D eigenvalue weighted by atomic mass is 35.5. The van der Waals surface area contributed by atoms with Crippen LogP contribution in [0.1, 0.15) is 16.1 Å². The molecule has 0 unspecified atom stereocenters. The number of hydrogen-bond donors (Lipinski definition) is 0. The van der Waals surface area contributed by atoms with Crippen molar-refractivity contribution in [1.29, 1.82) is 0 Å². The molecule has 19 heavy (non-hydrogen) atoms. The van der Waals surface area contributed by atoms with Crippen molar-refractivity contribution in [2.75, 3.05) is 0 Å².